The summed E-state index contributed by atoms with van der Waals surface area (Å²) < 4.78 is 28.1. The van der Waals surface area contributed by atoms with Crippen molar-refractivity contribution in [2.45, 2.75) is 51.0 Å². The number of fused-ring (bicyclic) bond motifs is 2. The zero-order chi connectivity index (χ0) is 24.9. The predicted octanol–water partition coefficient (Wildman–Crippen LogP) is 1.24. The van der Waals surface area contributed by atoms with E-state index in [1.807, 2.05) is 6.92 Å². The second kappa shape index (κ2) is 9.14. The number of aliphatic hydroxyl groups excluding tert-OH is 4. The molecule has 35 heavy (non-hydrogen) atoms. The third-order valence-corrected chi connectivity index (χ3v) is 6.38. The molecule has 10 nitrogen and oxygen atoms in total. The van der Waals surface area contributed by atoms with E-state index in [-0.39, 0.29) is 23.6 Å². The van der Waals surface area contributed by atoms with Crippen molar-refractivity contribution >= 4 is 11.0 Å². The van der Waals surface area contributed by atoms with Crippen molar-refractivity contribution < 1.29 is 43.8 Å². The molecule has 186 valence electrons. The van der Waals surface area contributed by atoms with Gasteiger partial charge in [-0.15, -0.1) is 0 Å². The molecule has 0 bridgehead atoms. The molecule has 3 aromatic rings. The fourth-order valence-electron chi connectivity index (χ4n) is 4.44. The Morgan fingerprint density at radius 3 is 2.54 bits per heavy atom. The smallest absolute Gasteiger partial charge is 0.231 e. The molecule has 0 saturated carbocycles. The second-order valence-electron chi connectivity index (χ2n) is 8.56. The first kappa shape index (κ1) is 23.6. The van der Waals surface area contributed by atoms with E-state index >= 15 is 0 Å². The number of hydrogen-bond donors (Lipinski definition) is 4. The van der Waals surface area contributed by atoms with Crippen molar-refractivity contribution in [2.24, 2.45) is 0 Å². The number of aliphatic hydroxyl groups is 4. The van der Waals surface area contributed by atoms with Crippen molar-refractivity contribution in [3.63, 3.8) is 0 Å². The van der Waals surface area contributed by atoms with Crippen LogP contribution < -0.4 is 19.6 Å². The summed E-state index contributed by atoms with van der Waals surface area (Å²) >= 11 is 0. The van der Waals surface area contributed by atoms with Crippen molar-refractivity contribution in [1.29, 1.82) is 0 Å². The van der Waals surface area contributed by atoms with Crippen LogP contribution in [-0.2, 0) is 11.2 Å². The first-order valence-corrected chi connectivity index (χ1v) is 11.3. The third kappa shape index (κ3) is 4.03. The molecule has 0 unspecified atom stereocenters. The molecule has 2 aliphatic rings. The van der Waals surface area contributed by atoms with Gasteiger partial charge >= 0.3 is 0 Å². The van der Waals surface area contributed by atoms with Crippen LogP contribution in [0.4, 0.5) is 0 Å². The van der Waals surface area contributed by atoms with E-state index in [1.165, 1.54) is 6.07 Å². The minimum Gasteiger partial charge on any atom is -0.462 e. The van der Waals surface area contributed by atoms with E-state index in [0.29, 0.717) is 45.8 Å². The van der Waals surface area contributed by atoms with Crippen molar-refractivity contribution in [2.75, 3.05) is 13.4 Å². The molecule has 0 aliphatic carbocycles. The SMILES string of the molecule is CCc1cc2c(=O)c(-c3ccc4c(c3)OCO4)c(C)oc2cc1O[C@@H]1O[C@@H](CO)[C@@H](O)[C@H](O)[C@@H]1O. The first-order valence-electron chi connectivity index (χ1n) is 11.3. The maximum absolute atomic E-state index is 13.5. The third-order valence-electron chi connectivity index (χ3n) is 6.38. The molecule has 2 aliphatic heterocycles. The van der Waals surface area contributed by atoms with Gasteiger partial charge in [-0.05, 0) is 42.7 Å². The molecule has 3 heterocycles. The van der Waals surface area contributed by atoms with Gasteiger partial charge in [-0.3, -0.25) is 4.79 Å². The maximum atomic E-state index is 13.5. The average molecular weight is 486 g/mol. The quantitative estimate of drug-likeness (QED) is 0.415. The van der Waals surface area contributed by atoms with Gasteiger partial charge in [-0.25, -0.2) is 0 Å². The molecule has 0 radical (unpaired) electrons. The molecule has 5 rings (SSSR count). The summed E-state index contributed by atoms with van der Waals surface area (Å²) in [6.45, 7) is 3.11. The van der Waals surface area contributed by atoms with Gasteiger partial charge in [0.15, 0.2) is 11.5 Å². The predicted molar refractivity (Wildman–Crippen MR) is 123 cm³/mol. The van der Waals surface area contributed by atoms with Gasteiger partial charge in [-0.1, -0.05) is 13.0 Å². The van der Waals surface area contributed by atoms with E-state index in [9.17, 15) is 25.2 Å². The molecule has 1 aromatic heterocycles. The van der Waals surface area contributed by atoms with Crippen LogP contribution in [0, 0.1) is 6.92 Å². The van der Waals surface area contributed by atoms with Crippen LogP contribution in [-0.4, -0.2) is 64.5 Å². The van der Waals surface area contributed by atoms with Crippen LogP contribution in [0.2, 0.25) is 0 Å². The standard InChI is InChI=1S/C25H26O10/c1-3-12-6-14-17(8-16(12)34-25-24(30)23(29)22(28)19(9-26)35-25)33-11(2)20(21(14)27)13-4-5-15-18(7-13)32-10-31-15/h4-8,19,22-26,28-30H,3,9-10H2,1-2H3/t19-,22+,23-,24-,25+/m0/s1. The highest BCUT2D eigenvalue weighted by atomic mass is 16.7. The van der Waals surface area contributed by atoms with Crippen molar-refractivity contribution in [1.82, 2.24) is 0 Å². The number of benzene rings is 2. The van der Waals surface area contributed by atoms with Gasteiger partial charge in [0.25, 0.3) is 0 Å². The van der Waals surface area contributed by atoms with Crippen molar-refractivity contribution in [3.05, 3.63) is 51.9 Å². The highest BCUT2D eigenvalue weighted by molar-refractivity contribution is 5.85. The van der Waals surface area contributed by atoms with E-state index in [0.717, 1.165) is 0 Å². The fourth-order valence-corrected chi connectivity index (χ4v) is 4.44. The van der Waals surface area contributed by atoms with E-state index in [1.54, 1.807) is 31.2 Å². The molecule has 5 atom stereocenters. The molecule has 2 aromatic carbocycles. The topological polar surface area (TPSA) is 148 Å². The lowest BCUT2D eigenvalue weighted by Gasteiger charge is -2.39. The van der Waals surface area contributed by atoms with Crippen molar-refractivity contribution in [3.8, 4) is 28.4 Å². The number of aryl methyl sites for hydroxylation is 2. The largest absolute Gasteiger partial charge is 0.462 e. The van der Waals surface area contributed by atoms with E-state index in [2.05, 4.69) is 0 Å². The summed E-state index contributed by atoms with van der Waals surface area (Å²) in [5, 5.41) is 40.2. The van der Waals surface area contributed by atoms with E-state index in [4.69, 9.17) is 23.4 Å². The number of hydrogen-bond acceptors (Lipinski definition) is 10. The second-order valence-corrected chi connectivity index (χ2v) is 8.56. The molecule has 10 heteroatoms. The summed E-state index contributed by atoms with van der Waals surface area (Å²) in [5.41, 5.74) is 1.73. The highest BCUT2D eigenvalue weighted by Gasteiger charge is 2.45. The monoisotopic (exact) mass is 486 g/mol. The molecule has 0 amide bonds. The Morgan fingerprint density at radius 2 is 1.80 bits per heavy atom. The van der Waals surface area contributed by atoms with Crippen LogP contribution >= 0.6 is 0 Å². The lowest BCUT2D eigenvalue weighted by atomic mass is 9.99. The molecule has 1 fully saturated rings. The molecule has 0 spiro atoms. The van der Waals surface area contributed by atoms with Gasteiger partial charge < -0.3 is 43.8 Å². The Morgan fingerprint density at radius 1 is 1.03 bits per heavy atom. The minimum absolute atomic E-state index is 0.126. The van der Waals surface area contributed by atoms with Gasteiger partial charge in [0.2, 0.25) is 18.5 Å². The lowest BCUT2D eigenvalue weighted by molar-refractivity contribution is -0.277. The number of rotatable bonds is 5. The fraction of sp³-hybridized carbons (Fsp3) is 0.400. The summed E-state index contributed by atoms with van der Waals surface area (Å²) in [4.78, 5) is 13.5. The van der Waals surface area contributed by atoms with Gasteiger partial charge in [0.1, 0.15) is 41.5 Å². The summed E-state index contributed by atoms with van der Waals surface area (Å²) in [7, 11) is 0. The first-order chi connectivity index (χ1) is 16.8. The Bertz CT molecular complexity index is 1310. The molecule has 1 saturated heterocycles. The van der Waals surface area contributed by atoms with Gasteiger partial charge in [0, 0.05) is 6.07 Å². The van der Waals surface area contributed by atoms with Crippen LogP contribution in [0.15, 0.2) is 39.5 Å². The van der Waals surface area contributed by atoms with Crippen LogP contribution in [0.25, 0.3) is 22.1 Å². The average Bonchev–Trinajstić information content (AvgIpc) is 3.32. The van der Waals surface area contributed by atoms with Crippen LogP contribution in [0.1, 0.15) is 18.2 Å². The molecule has 4 N–H and O–H groups in total. The molecular formula is C25H26O10. The lowest BCUT2D eigenvalue weighted by Crippen LogP contribution is -2.60. The van der Waals surface area contributed by atoms with Gasteiger partial charge in [-0.2, -0.15) is 0 Å². The Hall–Kier alpha value is -3.15. The maximum Gasteiger partial charge on any atom is 0.231 e. The summed E-state index contributed by atoms with van der Waals surface area (Å²) in [6.07, 6.45) is -6.60. The molecular weight excluding hydrogens is 460 g/mol. The zero-order valence-electron chi connectivity index (χ0n) is 19.1. The van der Waals surface area contributed by atoms with Crippen LogP contribution in [0.5, 0.6) is 17.2 Å². The van der Waals surface area contributed by atoms with Gasteiger partial charge in [0.05, 0.1) is 17.6 Å². The highest BCUT2D eigenvalue weighted by Crippen LogP contribution is 2.37. The normalized spacial score (nSPS) is 25.7. The zero-order valence-corrected chi connectivity index (χ0v) is 19.1. The Balaban J connectivity index is 1.54. The minimum atomic E-state index is -1.57. The van der Waals surface area contributed by atoms with E-state index < -0.39 is 37.3 Å². The Kier molecular flexibility index (Phi) is 6.16. The Labute approximate surface area is 199 Å². The summed E-state index contributed by atoms with van der Waals surface area (Å²) in [6, 6.07) is 8.46. The van der Waals surface area contributed by atoms with Crippen LogP contribution in [0.3, 0.4) is 0 Å². The summed E-state index contributed by atoms with van der Waals surface area (Å²) in [5.74, 6) is 1.84. The number of ether oxygens (including phenoxy) is 4.